The summed E-state index contributed by atoms with van der Waals surface area (Å²) in [7, 11) is 0. The zero-order valence-electron chi connectivity index (χ0n) is 11.2. The lowest BCUT2D eigenvalue weighted by Gasteiger charge is -2.26. The molecule has 2 N–H and O–H groups in total. The van der Waals surface area contributed by atoms with Crippen LogP contribution in [0.4, 0.5) is 5.95 Å². The van der Waals surface area contributed by atoms with Crippen LogP contribution in [-0.2, 0) is 6.54 Å². The normalized spacial score (nSPS) is 17.1. The first kappa shape index (κ1) is 12.7. The minimum atomic E-state index is 0.572. The number of nitrogen functional groups attached to an aromatic ring is 1. The Morgan fingerprint density at radius 2 is 2.11 bits per heavy atom. The van der Waals surface area contributed by atoms with E-state index in [9.17, 15) is 0 Å². The van der Waals surface area contributed by atoms with Gasteiger partial charge in [-0.15, -0.1) is 0 Å². The van der Waals surface area contributed by atoms with E-state index in [2.05, 4.69) is 14.9 Å². The fourth-order valence-electron chi connectivity index (χ4n) is 2.44. The van der Waals surface area contributed by atoms with Gasteiger partial charge < -0.3 is 5.73 Å². The third-order valence-corrected chi connectivity index (χ3v) is 4.55. The molecule has 0 aliphatic carbocycles. The predicted octanol–water partition coefficient (Wildman–Crippen LogP) is 1.37. The van der Waals surface area contributed by atoms with Gasteiger partial charge >= 0.3 is 0 Å². The van der Waals surface area contributed by atoms with Gasteiger partial charge in [0.1, 0.15) is 5.52 Å². The average molecular weight is 277 g/mol. The summed E-state index contributed by atoms with van der Waals surface area (Å²) < 4.78 is 2.03. The predicted molar refractivity (Wildman–Crippen MR) is 80.4 cm³/mol. The largest absolute Gasteiger partial charge is 0.369 e. The zero-order valence-corrected chi connectivity index (χ0v) is 12.0. The smallest absolute Gasteiger partial charge is 0.202 e. The average Bonchev–Trinajstić information content (AvgIpc) is 2.75. The van der Waals surface area contributed by atoms with Gasteiger partial charge in [0.2, 0.25) is 5.95 Å². The highest BCUT2D eigenvalue weighted by Crippen LogP contribution is 2.19. The van der Waals surface area contributed by atoms with Crippen molar-refractivity contribution in [3.05, 3.63) is 17.8 Å². The highest BCUT2D eigenvalue weighted by atomic mass is 32.2. The topological polar surface area (TPSA) is 60.0 Å². The van der Waals surface area contributed by atoms with Crippen molar-refractivity contribution in [2.45, 2.75) is 13.5 Å². The van der Waals surface area contributed by atoms with Crippen LogP contribution in [0.25, 0.3) is 11.2 Å². The summed E-state index contributed by atoms with van der Waals surface area (Å²) in [5.74, 6) is 3.04. The van der Waals surface area contributed by atoms with E-state index in [1.54, 1.807) is 0 Å². The van der Waals surface area contributed by atoms with E-state index < -0.39 is 0 Å². The van der Waals surface area contributed by atoms with Gasteiger partial charge in [0.15, 0.2) is 5.65 Å². The minimum absolute atomic E-state index is 0.572. The second kappa shape index (κ2) is 5.38. The monoisotopic (exact) mass is 277 g/mol. The van der Waals surface area contributed by atoms with Crippen LogP contribution >= 0.6 is 11.8 Å². The first-order valence-corrected chi connectivity index (χ1v) is 7.78. The summed E-state index contributed by atoms with van der Waals surface area (Å²) >= 11 is 2.03. The number of aromatic nitrogens is 3. The lowest BCUT2D eigenvalue weighted by atomic mass is 10.3. The van der Waals surface area contributed by atoms with Gasteiger partial charge in [-0.1, -0.05) is 0 Å². The Balaban J connectivity index is 1.80. The van der Waals surface area contributed by atoms with Crippen LogP contribution in [0.1, 0.15) is 5.56 Å². The highest BCUT2D eigenvalue weighted by Gasteiger charge is 2.14. The van der Waals surface area contributed by atoms with Crippen molar-refractivity contribution in [3.8, 4) is 0 Å². The van der Waals surface area contributed by atoms with E-state index >= 15 is 0 Å². The van der Waals surface area contributed by atoms with E-state index in [1.165, 1.54) is 24.6 Å². The summed E-state index contributed by atoms with van der Waals surface area (Å²) in [4.78, 5) is 11.3. The number of pyridine rings is 1. The van der Waals surface area contributed by atoms with Gasteiger partial charge in [-0.3, -0.25) is 9.47 Å². The number of thioether (sulfide) groups is 1. The summed E-state index contributed by atoms with van der Waals surface area (Å²) in [6.07, 6.45) is 1.83. The number of hydrogen-bond acceptors (Lipinski definition) is 5. The molecule has 5 nitrogen and oxygen atoms in total. The maximum Gasteiger partial charge on any atom is 0.202 e. The fourth-order valence-corrected chi connectivity index (χ4v) is 3.42. The van der Waals surface area contributed by atoms with Crippen molar-refractivity contribution in [2.75, 3.05) is 36.9 Å². The van der Waals surface area contributed by atoms with E-state index in [-0.39, 0.29) is 0 Å². The molecule has 0 amide bonds. The summed E-state index contributed by atoms with van der Waals surface area (Å²) in [5.41, 5.74) is 8.99. The van der Waals surface area contributed by atoms with Crippen LogP contribution in [0.3, 0.4) is 0 Å². The maximum atomic E-state index is 6.03. The molecule has 0 radical (unpaired) electrons. The number of nitrogens with two attached hydrogens (primary N) is 1. The number of nitrogens with zero attached hydrogens (tertiary/aromatic N) is 4. The second-order valence-electron chi connectivity index (χ2n) is 4.88. The van der Waals surface area contributed by atoms with E-state index in [0.29, 0.717) is 5.95 Å². The third kappa shape index (κ3) is 2.55. The van der Waals surface area contributed by atoms with Crippen molar-refractivity contribution < 1.29 is 0 Å². The second-order valence-corrected chi connectivity index (χ2v) is 6.10. The van der Waals surface area contributed by atoms with Gasteiger partial charge in [0, 0.05) is 43.9 Å². The Bertz CT molecular complexity index is 574. The van der Waals surface area contributed by atoms with Crippen LogP contribution < -0.4 is 5.73 Å². The first-order valence-electron chi connectivity index (χ1n) is 6.63. The van der Waals surface area contributed by atoms with Crippen LogP contribution in [0.2, 0.25) is 0 Å². The molecule has 0 atom stereocenters. The Morgan fingerprint density at radius 3 is 2.89 bits per heavy atom. The molecule has 19 heavy (non-hydrogen) atoms. The van der Waals surface area contributed by atoms with Crippen molar-refractivity contribution in [2.24, 2.45) is 0 Å². The number of anilines is 1. The van der Waals surface area contributed by atoms with Crippen LogP contribution in [0.15, 0.2) is 12.3 Å². The summed E-state index contributed by atoms with van der Waals surface area (Å²) in [5, 5.41) is 0. The number of aryl methyl sites for hydroxylation is 1. The standard InChI is InChI=1S/C13H19N5S/c1-10-2-3-15-12-11(10)16-13(14)18(12)5-4-17-6-8-19-9-7-17/h2-3H,4-9H2,1H3,(H2,14,16). The molecule has 1 saturated heterocycles. The van der Waals surface area contributed by atoms with Gasteiger partial charge in [-0.05, 0) is 18.6 Å². The molecule has 0 spiro atoms. The van der Waals surface area contributed by atoms with E-state index in [1.807, 2.05) is 35.5 Å². The molecule has 1 aliphatic rings. The Kier molecular flexibility index (Phi) is 3.61. The molecule has 2 aromatic rings. The SMILES string of the molecule is Cc1ccnc2c1nc(N)n2CCN1CCSCC1. The lowest BCUT2D eigenvalue weighted by molar-refractivity contribution is 0.291. The van der Waals surface area contributed by atoms with Crippen LogP contribution in [0.5, 0.6) is 0 Å². The molecule has 3 rings (SSSR count). The molecular weight excluding hydrogens is 258 g/mol. The van der Waals surface area contributed by atoms with Crippen molar-refractivity contribution in [1.29, 1.82) is 0 Å². The molecule has 3 heterocycles. The molecule has 1 fully saturated rings. The zero-order chi connectivity index (χ0) is 13.2. The van der Waals surface area contributed by atoms with Gasteiger partial charge in [0.05, 0.1) is 0 Å². The van der Waals surface area contributed by atoms with Crippen molar-refractivity contribution in [1.82, 2.24) is 19.4 Å². The number of rotatable bonds is 3. The molecule has 0 bridgehead atoms. The summed E-state index contributed by atoms with van der Waals surface area (Å²) in [6.45, 7) is 6.27. The molecular formula is C13H19N5S. The fraction of sp³-hybridized carbons (Fsp3) is 0.538. The number of imidazole rings is 1. The maximum absolute atomic E-state index is 6.03. The van der Waals surface area contributed by atoms with Crippen LogP contribution in [0, 0.1) is 6.92 Å². The molecule has 6 heteroatoms. The van der Waals surface area contributed by atoms with Crippen molar-refractivity contribution >= 4 is 28.9 Å². The van der Waals surface area contributed by atoms with Crippen LogP contribution in [-0.4, -0.2) is 50.6 Å². The van der Waals surface area contributed by atoms with Gasteiger partial charge in [-0.2, -0.15) is 11.8 Å². The van der Waals surface area contributed by atoms with E-state index in [0.717, 1.165) is 29.8 Å². The number of hydrogen-bond donors (Lipinski definition) is 1. The molecule has 2 aromatic heterocycles. The van der Waals surface area contributed by atoms with Gasteiger partial charge in [-0.25, -0.2) is 9.97 Å². The lowest BCUT2D eigenvalue weighted by Crippen LogP contribution is -2.35. The minimum Gasteiger partial charge on any atom is -0.369 e. The van der Waals surface area contributed by atoms with Crippen molar-refractivity contribution in [3.63, 3.8) is 0 Å². The third-order valence-electron chi connectivity index (χ3n) is 3.61. The number of fused-ring (bicyclic) bond motifs is 1. The summed E-state index contributed by atoms with van der Waals surface area (Å²) in [6, 6.07) is 1.97. The Labute approximate surface area is 117 Å². The Hall–Kier alpha value is -1.27. The van der Waals surface area contributed by atoms with E-state index in [4.69, 9.17) is 5.73 Å². The molecule has 0 saturated carbocycles. The first-order chi connectivity index (χ1) is 9.25. The van der Waals surface area contributed by atoms with Gasteiger partial charge in [0.25, 0.3) is 0 Å². The quantitative estimate of drug-likeness (QED) is 0.918. The highest BCUT2D eigenvalue weighted by molar-refractivity contribution is 7.99. The molecule has 0 aromatic carbocycles. The molecule has 1 aliphatic heterocycles. The molecule has 102 valence electrons. The Morgan fingerprint density at radius 1 is 1.32 bits per heavy atom. The molecule has 0 unspecified atom stereocenters.